The first-order chi connectivity index (χ1) is 6.04. The van der Waals surface area contributed by atoms with E-state index in [2.05, 4.69) is 34.7 Å². The normalized spacial score (nSPS) is 12.5. The zero-order valence-corrected chi connectivity index (χ0v) is 9.97. The maximum Gasteiger partial charge on any atom is 0.102 e. The van der Waals surface area contributed by atoms with Gasteiger partial charge in [0.2, 0.25) is 0 Å². The van der Waals surface area contributed by atoms with Crippen LogP contribution in [0.4, 0.5) is 0 Å². The molecule has 0 aromatic carbocycles. The minimum atomic E-state index is 0.655. The molecule has 0 aromatic rings. The number of ether oxygens (including phenoxy) is 1. The highest BCUT2D eigenvalue weighted by atomic mass is 16.5. The first-order valence-electron chi connectivity index (χ1n) is 5.45. The summed E-state index contributed by atoms with van der Waals surface area (Å²) < 4.78 is 6.70. The number of hydrogen-bond acceptors (Lipinski definition) is 1. The molecule has 0 atom stereocenters. The lowest BCUT2D eigenvalue weighted by atomic mass is 10.2. The van der Waals surface area contributed by atoms with Crippen molar-refractivity contribution in [3.8, 4) is 0 Å². The molecule has 0 rings (SSSR count). The standard InChI is InChI=1S/C11H26NO/c1-6-12(5,7-2)8-9-13-10-11(3)4/h11H,6-10H2,1-5H3/q+1. The van der Waals surface area contributed by atoms with Gasteiger partial charge in [-0.3, -0.25) is 0 Å². The van der Waals surface area contributed by atoms with Crippen molar-refractivity contribution in [2.45, 2.75) is 27.7 Å². The Morgan fingerprint density at radius 3 is 2.08 bits per heavy atom. The lowest BCUT2D eigenvalue weighted by Crippen LogP contribution is -2.45. The molecule has 0 saturated heterocycles. The van der Waals surface area contributed by atoms with Gasteiger partial charge < -0.3 is 9.22 Å². The molecule has 0 spiro atoms. The second-order valence-corrected chi connectivity index (χ2v) is 4.44. The maximum absolute atomic E-state index is 5.58. The monoisotopic (exact) mass is 188 g/mol. The van der Waals surface area contributed by atoms with Crippen LogP contribution >= 0.6 is 0 Å². The van der Waals surface area contributed by atoms with Gasteiger partial charge in [0.15, 0.2) is 0 Å². The average Bonchev–Trinajstić information content (AvgIpc) is 2.12. The predicted octanol–water partition coefficient (Wildman–Crippen LogP) is 2.15. The minimum Gasteiger partial charge on any atom is -0.375 e. The highest BCUT2D eigenvalue weighted by molar-refractivity contribution is 4.40. The largest absolute Gasteiger partial charge is 0.375 e. The van der Waals surface area contributed by atoms with Gasteiger partial charge in [0, 0.05) is 6.61 Å². The summed E-state index contributed by atoms with van der Waals surface area (Å²) in [5.74, 6) is 0.655. The Labute approximate surface area is 83.5 Å². The van der Waals surface area contributed by atoms with Crippen LogP contribution < -0.4 is 0 Å². The molecule has 0 aromatic heterocycles. The fourth-order valence-corrected chi connectivity index (χ4v) is 1.14. The molecule has 2 nitrogen and oxygen atoms in total. The molecule has 0 saturated carbocycles. The van der Waals surface area contributed by atoms with Crippen LogP contribution in [0.2, 0.25) is 0 Å². The quantitative estimate of drug-likeness (QED) is 0.439. The first-order valence-corrected chi connectivity index (χ1v) is 5.45. The average molecular weight is 188 g/mol. The van der Waals surface area contributed by atoms with Gasteiger partial charge in [-0.1, -0.05) is 13.8 Å². The SMILES string of the molecule is CC[N+](C)(CC)CCOCC(C)C. The highest BCUT2D eigenvalue weighted by Gasteiger charge is 2.15. The summed E-state index contributed by atoms with van der Waals surface area (Å²) >= 11 is 0. The molecule has 0 bridgehead atoms. The van der Waals surface area contributed by atoms with Crippen LogP contribution in [-0.2, 0) is 4.74 Å². The van der Waals surface area contributed by atoms with Crippen molar-refractivity contribution in [3.63, 3.8) is 0 Å². The topological polar surface area (TPSA) is 9.23 Å². The second kappa shape index (κ2) is 6.39. The van der Waals surface area contributed by atoms with Crippen LogP contribution in [0.1, 0.15) is 27.7 Å². The highest BCUT2D eigenvalue weighted by Crippen LogP contribution is 2.01. The Hall–Kier alpha value is -0.0800. The minimum absolute atomic E-state index is 0.655. The van der Waals surface area contributed by atoms with Crippen LogP contribution in [0.3, 0.4) is 0 Å². The van der Waals surface area contributed by atoms with Crippen molar-refractivity contribution in [2.24, 2.45) is 5.92 Å². The van der Waals surface area contributed by atoms with Crippen LogP contribution in [0.5, 0.6) is 0 Å². The summed E-state index contributed by atoms with van der Waals surface area (Å²) in [7, 11) is 2.29. The summed E-state index contributed by atoms with van der Waals surface area (Å²) in [6.07, 6.45) is 0. The molecule has 0 aliphatic carbocycles. The Morgan fingerprint density at radius 1 is 1.15 bits per heavy atom. The number of likely N-dealkylation sites (N-methyl/N-ethyl adjacent to an activating group) is 1. The van der Waals surface area contributed by atoms with Crippen molar-refractivity contribution < 1.29 is 9.22 Å². The molecule has 0 heterocycles. The fourth-order valence-electron chi connectivity index (χ4n) is 1.14. The van der Waals surface area contributed by atoms with Crippen molar-refractivity contribution in [1.29, 1.82) is 0 Å². The zero-order valence-electron chi connectivity index (χ0n) is 9.97. The Morgan fingerprint density at radius 2 is 1.69 bits per heavy atom. The molecule has 0 aliphatic heterocycles. The third-order valence-electron chi connectivity index (χ3n) is 2.75. The lowest BCUT2D eigenvalue weighted by Gasteiger charge is -2.31. The number of rotatable bonds is 7. The molecule has 0 amide bonds. The van der Waals surface area contributed by atoms with E-state index in [1.165, 1.54) is 13.1 Å². The van der Waals surface area contributed by atoms with Gasteiger partial charge in [0.25, 0.3) is 0 Å². The van der Waals surface area contributed by atoms with Gasteiger partial charge in [-0.15, -0.1) is 0 Å². The Kier molecular flexibility index (Phi) is 6.35. The predicted molar refractivity (Wildman–Crippen MR) is 57.8 cm³/mol. The molecule has 0 unspecified atom stereocenters. The molecular formula is C11H26NO+. The van der Waals surface area contributed by atoms with E-state index in [9.17, 15) is 0 Å². The molecule has 0 N–H and O–H groups in total. The van der Waals surface area contributed by atoms with Gasteiger partial charge >= 0.3 is 0 Å². The molecule has 2 heteroatoms. The van der Waals surface area contributed by atoms with Crippen LogP contribution in [0.25, 0.3) is 0 Å². The fraction of sp³-hybridized carbons (Fsp3) is 1.00. The molecule has 13 heavy (non-hydrogen) atoms. The van der Waals surface area contributed by atoms with Crippen molar-refractivity contribution in [2.75, 3.05) is 39.9 Å². The Balaban J connectivity index is 3.50. The number of nitrogens with zero attached hydrogens (tertiary/aromatic N) is 1. The zero-order chi connectivity index (χ0) is 10.3. The summed E-state index contributed by atoms with van der Waals surface area (Å²) in [5.41, 5.74) is 0. The van der Waals surface area contributed by atoms with E-state index in [4.69, 9.17) is 4.74 Å². The van der Waals surface area contributed by atoms with E-state index in [1.807, 2.05) is 0 Å². The van der Waals surface area contributed by atoms with Gasteiger partial charge in [-0.25, -0.2) is 0 Å². The lowest BCUT2D eigenvalue weighted by molar-refractivity contribution is -0.906. The molecule has 0 radical (unpaired) electrons. The second-order valence-electron chi connectivity index (χ2n) is 4.44. The molecular weight excluding hydrogens is 162 g/mol. The summed E-state index contributed by atoms with van der Waals surface area (Å²) in [4.78, 5) is 0. The summed E-state index contributed by atoms with van der Waals surface area (Å²) in [6, 6.07) is 0. The van der Waals surface area contributed by atoms with Crippen molar-refractivity contribution >= 4 is 0 Å². The van der Waals surface area contributed by atoms with Gasteiger partial charge in [-0.05, 0) is 19.8 Å². The number of quaternary nitrogens is 1. The molecule has 0 aliphatic rings. The van der Waals surface area contributed by atoms with Crippen LogP contribution in [0.15, 0.2) is 0 Å². The number of hydrogen-bond donors (Lipinski definition) is 0. The van der Waals surface area contributed by atoms with E-state index in [-0.39, 0.29) is 0 Å². The van der Waals surface area contributed by atoms with Gasteiger partial charge in [0.1, 0.15) is 6.54 Å². The van der Waals surface area contributed by atoms with E-state index < -0.39 is 0 Å². The molecule has 80 valence electrons. The third kappa shape index (κ3) is 6.05. The Bertz CT molecular complexity index is 119. The molecule has 0 fully saturated rings. The van der Waals surface area contributed by atoms with Crippen molar-refractivity contribution in [1.82, 2.24) is 0 Å². The maximum atomic E-state index is 5.58. The smallest absolute Gasteiger partial charge is 0.102 e. The summed E-state index contributed by atoms with van der Waals surface area (Å²) in [6.45, 7) is 14.2. The van der Waals surface area contributed by atoms with Crippen molar-refractivity contribution in [3.05, 3.63) is 0 Å². The van der Waals surface area contributed by atoms with E-state index in [0.717, 1.165) is 24.2 Å². The van der Waals surface area contributed by atoms with Crippen LogP contribution in [0, 0.1) is 5.92 Å². The van der Waals surface area contributed by atoms with Gasteiger partial charge in [0.05, 0.1) is 26.7 Å². The third-order valence-corrected chi connectivity index (χ3v) is 2.75. The van der Waals surface area contributed by atoms with Gasteiger partial charge in [-0.2, -0.15) is 0 Å². The van der Waals surface area contributed by atoms with Crippen LogP contribution in [-0.4, -0.2) is 44.4 Å². The van der Waals surface area contributed by atoms with E-state index in [1.54, 1.807) is 0 Å². The van der Waals surface area contributed by atoms with E-state index >= 15 is 0 Å². The van der Waals surface area contributed by atoms with E-state index in [0.29, 0.717) is 5.92 Å². The first kappa shape index (κ1) is 12.9. The summed E-state index contributed by atoms with van der Waals surface area (Å²) in [5, 5.41) is 0.